The van der Waals surface area contributed by atoms with Crippen molar-refractivity contribution in [2.75, 3.05) is 32.7 Å². The van der Waals surface area contributed by atoms with Crippen molar-refractivity contribution in [3.63, 3.8) is 0 Å². The first-order valence-corrected chi connectivity index (χ1v) is 5.87. The van der Waals surface area contributed by atoms with E-state index >= 15 is 0 Å². The van der Waals surface area contributed by atoms with Gasteiger partial charge in [0.15, 0.2) is 0 Å². The van der Waals surface area contributed by atoms with Gasteiger partial charge in [0.25, 0.3) is 0 Å². The molecule has 0 aromatic carbocycles. The summed E-state index contributed by atoms with van der Waals surface area (Å²) in [4.78, 5) is 2.25. The molecule has 3 nitrogen and oxygen atoms in total. The van der Waals surface area contributed by atoms with Crippen molar-refractivity contribution in [1.29, 1.82) is 0 Å². The van der Waals surface area contributed by atoms with Gasteiger partial charge in [-0.1, -0.05) is 13.8 Å². The van der Waals surface area contributed by atoms with Gasteiger partial charge in [0.1, 0.15) is 0 Å². The lowest BCUT2D eigenvalue weighted by Gasteiger charge is -2.22. The molecule has 0 aromatic heterocycles. The van der Waals surface area contributed by atoms with Crippen LogP contribution in [0.4, 0.5) is 0 Å². The van der Waals surface area contributed by atoms with E-state index in [1.165, 1.54) is 12.8 Å². The lowest BCUT2D eigenvalue weighted by molar-refractivity contribution is 0.116. The van der Waals surface area contributed by atoms with E-state index in [2.05, 4.69) is 24.1 Å². The Morgan fingerprint density at radius 3 is 2.50 bits per heavy atom. The SMILES string of the molecule is CCN(CC)CC(O)CNCC1CC1. The number of hydrogen-bond acceptors (Lipinski definition) is 3. The Hall–Kier alpha value is -0.120. The average Bonchev–Trinajstić information content (AvgIpc) is 2.98. The van der Waals surface area contributed by atoms with Crippen molar-refractivity contribution in [2.45, 2.75) is 32.8 Å². The predicted molar refractivity (Wildman–Crippen MR) is 59.4 cm³/mol. The quantitative estimate of drug-likeness (QED) is 0.605. The summed E-state index contributed by atoms with van der Waals surface area (Å²) in [6.07, 6.45) is 2.53. The highest BCUT2D eigenvalue weighted by Crippen LogP contribution is 2.27. The topological polar surface area (TPSA) is 35.5 Å². The number of nitrogens with zero attached hydrogens (tertiary/aromatic N) is 1. The predicted octanol–water partition coefficient (Wildman–Crippen LogP) is 0.689. The molecule has 1 atom stereocenters. The minimum absolute atomic E-state index is 0.214. The maximum Gasteiger partial charge on any atom is 0.0791 e. The summed E-state index contributed by atoms with van der Waals surface area (Å²) in [6, 6.07) is 0. The molecule has 0 aliphatic heterocycles. The molecule has 0 saturated heterocycles. The van der Waals surface area contributed by atoms with Crippen LogP contribution in [0, 0.1) is 5.92 Å². The van der Waals surface area contributed by atoms with Gasteiger partial charge in [0, 0.05) is 13.1 Å². The highest BCUT2D eigenvalue weighted by atomic mass is 16.3. The molecule has 0 aromatic rings. The van der Waals surface area contributed by atoms with Gasteiger partial charge in [-0.25, -0.2) is 0 Å². The summed E-state index contributed by atoms with van der Waals surface area (Å²) in [5.41, 5.74) is 0. The van der Waals surface area contributed by atoms with Gasteiger partial charge in [0.2, 0.25) is 0 Å². The van der Waals surface area contributed by atoms with Gasteiger partial charge in [-0.05, 0) is 38.4 Å². The number of rotatable bonds is 8. The van der Waals surface area contributed by atoms with E-state index in [1.807, 2.05) is 0 Å². The van der Waals surface area contributed by atoms with Gasteiger partial charge in [-0.15, -0.1) is 0 Å². The van der Waals surface area contributed by atoms with Gasteiger partial charge >= 0.3 is 0 Å². The van der Waals surface area contributed by atoms with E-state index in [9.17, 15) is 5.11 Å². The van der Waals surface area contributed by atoms with Crippen LogP contribution in [0.5, 0.6) is 0 Å². The third kappa shape index (κ3) is 4.94. The smallest absolute Gasteiger partial charge is 0.0791 e. The lowest BCUT2D eigenvalue weighted by atomic mass is 10.3. The molecule has 1 rings (SSSR count). The van der Waals surface area contributed by atoms with E-state index in [0.717, 1.165) is 38.6 Å². The zero-order valence-corrected chi connectivity index (χ0v) is 9.50. The van der Waals surface area contributed by atoms with Crippen LogP contribution in [0.2, 0.25) is 0 Å². The van der Waals surface area contributed by atoms with Crippen LogP contribution in [0.25, 0.3) is 0 Å². The molecule has 2 N–H and O–H groups in total. The summed E-state index contributed by atoms with van der Waals surface area (Å²) >= 11 is 0. The van der Waals surface area contributed by atoms with Crippen LogP contribution in [-0.4, -0.2) is 48.8 Å². The van der Waals surface area contributed by atoms with E-state index in [-0.39, 0.29) is 6.10 Å². The Bertz CT molecular complexity index is 144. The Morgan fingerprint density at radius 1 is 1.36 bits per heavy atom. The molecule has 1 aliphatic rings. The Labute approximate surface area is 87.5 Å². The summed E-state index contributed by atoms with van der Waals surface area (Å²) in [5.74, 6) is 0.899. The van der Waals surface area contributed by atoms with E-state index in [1.54, 1.807) is 0 Å². The summed E-state index contributed by atoms with van der Waals surface area (Å²) in [6.45, 7) is 8.95. The van der Waals surface area contributed by atoms with Crippen molar-refractivity contribution in [2.24, 2.45) is 5.92 Å². The third-order valence-corrected chi connectivity index (χ3v) is 2.87. The van der Waals surface area contributed by atoms with E-state index in [4.69, 9.17) is 0 Å². The van der Waals surface area contributed by atoms with Gasteiger partial charge in [0.05, 0.1) is 6.10 Å². The Balaban J connectivity index is 1.98. The first-order valence-electron chi connectivity index (χ1n) is 5.87. The van der Waals surface area contributed by atoms with Crippen molar-refractivity contribution in [3.05, 3.63) is 0 Å². The number of aliphatic hydroxyl groups excluding tert-OH is 1. The van der Waals surface area contributed by atoms with Gasteiger partial charge in [-0.3, -0.25) is 0 Å². The second-order valence-electron chi connectivity index (χ2n) is 4.24. The van der Waals surface area contributed by atoms with Crippen LogP contribution < -0.4 is 5.32 Å². The Kier molecular flexibility index (Phi) is 5.45. The van der Waals surface area contributed by atoms with Crippen molar-refractivity contribution in [3.8, 4) is 0 Å². The fraction of sp³-hybridized carbons (Fsp3) is 1.00. The molecule has 14 heavy (non-hydrogen) atoms. The van der Waals surface area contributed by atoms with Crippen molar-refractivity contribution < 1.29 is 5.11 Å². The van der Waals surface area contributed by atoms with Crippen molar-refractivity contribution >= 4 is 0 Å². The fourth-order valence-electron chi connectivity index (χ4n) is 1.62. The first kappa shape index (κ1) is 12.0. The van der Waals surface area contributed by atoms with Crippen molar-refractivity contribution in [1.82, 2.24) is 10.2 Å². The fourth-order valence-corrected chi connectivity index (χ4v) is 1.62. The molecular formula is C11H24N2O. The minimum Gasteiger partial charge on any atom is -0.390 e. The second-order valence-corrected chi connectivity index (χ2v) is 4.24. The van der Waals surface area contributed by atoms with Crippen LogP contribution in [0.1, 0.15) is 26.7 Å². The Morgan fingerprint density at radius 2 is 2.00 bits per heavy atom. The molecule has 84 valence electrons. The van der Waals surface area contributed by atoms with E-state index in [0.29, 0.717) is 0 Å². The minimum atomic E-state index is -0.214. The third-order valence-electron chi connectivity index (χ3n) is 2.87. The molecule has 1 aliphatic carbocycles. The van der Waals surface area contributed by atoms with E-state index < -0.39 is 0 Å². The van der Waals surface area contributed by atoms with Gasteiger partial charge < -0.3 is 15.3 Å². The van der Waals surface area contributed by atoms with Crippen LogP contribution in [0.15, 0.2) is 0 Å². The van der Waals surface area contributed by atoms with Gasteiger partial charge in [-0.2, -0.15) is 0 Å². The summed E-state index contributed by atoms with van der Waals surface area (Å²) in [7, 11) is 0. The lowest BCUT2D eigenvalue weighted by Crippen LogP contribution is -2.38. The first-order chi connectivity index (χ1) is 6.76. The molecule has 0 amide bonds. The summed E-state index contributed by atoms with van der Waals surface area (Å²) < 4.78 is 0. The molecular weight excluding hydrogens is 176 g/mol. The molecule has 0 heterocycles. The van der Waals surface area contributed by atoms with Crippen LogP contribution in [0.3, 0.4) is 0 Å². The zero-order chi connectivity index (χ0) is 10.4. The normalized spacial score (nSPS) is 18.9. The van der Waals surface area contributed by atoms with Crippen LogP contribution in [-0.2, 0) is 0 Å². The molecule has 0 bridgehead atoms. The molecule has 0 spiro atoms. The average molecular weight is 200 g/mol. The second kappa shape index (κ2) is 6.38. The monoisotopic (exact) mass is 200 g/mol. The number of hydrogen-bond donors (Lipinski definition) is 2. The molecule has 1 saturated carbocycles. The molecule has 1 fully saturated rings. The maximum atomic E-state index is 9.71. The maximum absolute atomic E-state index is 9.71. The number of likely N-dealkylation sites (N-methyl/N-ethyl adjacent to an activating group) is 1. The highest BCUT2D eigenvalue weighted by molar-refractivity contribution is 4.76. The largest absolute Gasteiger partial charge is 0.390 e. The number of nitrogens with one attached hydrogen (secondary N) is 1. The zero-order valence-electron chi connectivity index (χ0n) is 9.50. The van der Waals surface area contributed by atoms with Crippen LogP contribution >= 0.6 is 0 Å². The highest BCUT2D eigenvalue weighted by Gasteiger charge is 2.20. The molecule has 1 unspecified atom stereocenters. The summed E-state index contributed by atoms with van der Waals surface area (Å²) in [5, 5.41) is 13.0. The standard InChI is InChI=1S/C11H24N2O/c1-3-13(4-2)9-11(14)8-12-7-10-5-6-10/h10-12,14H,3-9H2,1-2H3. The molecule has 3 heteroatoms. The molecule has 0 radical (unpaired) electrons. The number of aliphatic hydroxyl groups is 1.